The number of para-hydroxylation sites is 1. The first-order valence-corrected chi connectivity index (χ1v) is 10.8. The third kappa shape index (κ3) is 3.49. The van der Waals surface area contributed by atoms with Crippen LogP contribution in [0.1, 0.15) is 58.7 Å². The molecule has 0 saturated heterocycles. The van der Waals surface area contributed by atoms with Crippen LogP contribution in [0.4, 0.5) is 5.69 Å². The van der Waals surface area contributed by atoms with Crippen LogP contribution >= 0.6 is 0 Å². The molecule has 0 spiro atoms. The van der Waals surface area contributed by atoms with E-state index in [9.17, 15) is 4.79 Å². The second kappa shape index (κ2) is 8.35. The van der Waals surface area contributed by atoms with Crippen molar-refractivity contribution < 1.29 is 9.53 Å². The molecule has 4 rings (SSSR count). The molecule has 1 atom stereocenters. The highest BCUT2D eigenvalue weighted by Gasteiger charge is 2.33. The number of hydrogen-bond acceptors (Lipinski definition) is 2. The van der Waals surface area contributed by atoms with Crippen LogP contribution in [0.2, 0.25) is 0 Å². The Hall–Kier alpha value is -3.07. The molecule has 1 amide bonds. The number of amides is 1. The minimum absolute atomic E-state index is 0.00139. The summed E-state index contributed by atoms with van der Waals surface area (Å²) in [6, 6.07) is 18.6. The summed E-state index contributed by atoms with van der Waals surface area (Å²) in [4.78, 5) is 13.9. The van der Waals surface area contributed by atoms with E-state index in [0.29, 0.717) is 6.61 Å². The van der Waals surface area contributed by atoms with Gasteiger partial charge in [-0.25, -0.2) is 0 Å². The second-order valence-electron chi connectivity index (χ2n) is 8.01. The Labute approximate surface area is 179 Å². The van der Waals surface area contributed by atoms with E-state index in [1.165, 1.54) is 11.1 Å². The van der Waals surface area contributed by atoms with E-state index in [4.69, 9.17) is 4.74 Å². The van der Waals surface area contributed by atoms with Gasteiger partial charge in [-0.3, -0.25) is 4.79 Å². The van der Waals surface area contributed by atoms with Gasteiger partial charge in [0.1, 0.15) is 12.4 Å². The molecule has 0 fully saturated rings. The molecule has 1 aliphatic rings. The molecule has 1 N–H and O–H groups in total. The van der Waals surface area contributed by atoms with Crippen molar-refractivity contribution in [2.24, 2.45) is 0 Å². The Morgan fingerprint density at radius 2 is 1.60 bits per heavy atom. The Morgan fingerprint density at radius 3 is 2.30 bits per heavy atom. The van der Waals surface area contributed by atoms with Crippen molar-refractivity contribution in [2.75, 3.05) is 5.32 Å². The maximum atomic E-state index is 13.9. The number of fused-ring (bicyclic) bond motifs is 2. The monoisotopic (exact) mass is 399 g/mol. The highest BCUT2D eigenvalue weighted by atomic mass is 16.5. The second-order valence-corrected chi connectivity index (χ2v) is 8.01. The van der Waals surface area contributed by atoms with Crippen LogP contribution in [-0.2, 0) is 24.2 Å². The van der Waals surface area contributed by atoms with E-state index in [1.807, 2.05) is 19.1 Å². The van der Waals surface area contributed by atoms with Gasteiger partial charge in [0.15, 0.2) is 0 Å². The zero-order valence-electron chi connectivity index (χ0n) is 18.2. The summed E-state index contributed by atoms with van der Waals surface area (Å²) in [5, 5.41) is 3.31. The SMILES string of the molecule is CCc1cccc(CC)c1NC(=O)C1c2ccccc2COc2c(C)ccc(C)c21. The van der Waals surface area contributed by atoms with Gasteiger partial charge in [0, 0.05) is 11.3 Å². The quantitative estimate of drug-likeness (QED) is 0.576. The number of carbonyl (C=O) groups excluding carboxylic acids is 1. The lowest BCUT2D eigenvalue weighted by atomic mass is 9.84. The van der Waals surface area contributed by atoms with Gasteiger partial charge in [0.2, 0.25) is 5.91 Å². The van der Waals surface area contributed by atoms with Crippen LogP contribution in [0.15, 0.2) is 54.6 Å². The standard InChI is InChI=1S/C27H29NO2/c1-5-19-11-9-12-20(6-2)25(19)28-27(29)24-22-13-8-7-10-21(22)16-30-26-18(4)15-14-17(3)23(24)26/h7-15,24H,5-6,16H2,1-4H3,(H,28,29). The number of anilines is 1. The number of hydrogen-bond donors (Lipinski definition) is 1. The summed E-state index contributed by atoms with van der Waals surface area (Å²) in [5.41, 5.74) is 8.49. The highest BCUT2D eigenvalue weighted by Crippen LogP contribution is 2.42. The number of ether oxygens (including phenoxy) is 1. The van der Waals surface area contributed by atoms with Crippen LogP contribution in [0, 0.1) is 13.8 Å². The van der Waals surface area contributed by atoms with Crippen molar-refractivity contribution in [3.63, 3.8) is 0 Å². The molecular weight excluding hydrogens is 370 g/mol. The lowest BCUT2D eigenvalue weighted by Gasteiger charge is -2.23. The molecule has 3 aromatic carbocycles. The highest BCUT2D eigenvalue weighted by molar-refractivity contribution is 6.00. The zero-order chi connectivity index (χ0) is 21.3. The van der Waals surface area contributed by atoms with Crippen LogP contribution in [-0.4, -0.2) is 5.91 Å². The lowest BCUT2D eigenvalue weighted by Crippen LogP contribution is -2.24. The third-order valence-electron chi connectivity index (χ3n) is 6.15. The van der Waals surface area contributed by atoms with Crippen LogP contribution < -0.4 is 10.1 Å². The van der Waals surface area contributed by atoms with E-state index in [2.05, 4.69) is 68.6 Å². The molecule has 0 aliphatic carbocycles. The van der Waals surface area contributed by atoms with Crippen LogP contribution in [0.3, 0.4) is 0 Å². The smallest absolute Gasteiger partial charge is 0.236 e. The van der Waals surface area contributed by atoms with Gasteiger partial charge in [0.25, 0.3) is 0 Å². The molecule has 0 saturated carbocycles. The predicted octanol–water partition coefficient (Wildman–Crippen LogP) is 6.09. The van der Waals surface area contributed by atoms with Crippen molar-refractivity contribution >= 4 is 11.6 Å². The van der Waals surface area contributed by atoms with Gasteiger partial charge < -0.3 is 10.1 Å². The molecule has 1 unspecified atom stereocenters. The molecule has 1 heterocycles. The maximum Gasteiger partial charge on any atom is 0.236 e. The molecule has 30 heavy (non-hydrogen) atoms. The first kappa shape index (κ1) is 20.2. The summed E-state index contributed by atoms with van der Waals surface area (Å²) in [6.45, 7) is 8.84. The molecule has 154 valence electrons. The fraction of sp³-hybridized carbons (Fsp3) is 0.296. The van der Waals surface area contributed by atoms with E-state index in [1.54, 1.807) is 0 Å². The van der Waals surface area contributed by atoms with Gasteiger partial charge in [0.05, 0.1) is 5.92 Å². The van der Waals surface area contributed by atoms with Gasteiger partial charge >= 0.3 is 0 Å². The molecule has 3 nitrogen and oxygen atoms in total. The lowest BCUT2D eigenvalue weighted by molar-refractivity contribution is -0.116. The summed E-state index contributed by atoms with van der Waals surface area (Å²) >= 11 is 0. The number of benzene rings is 3. The van der Waals surface area contributed by atoms with E-state index >= 15 is 0 Å². The summed E-state index contributed by atoms with van der Waals surface area (Å²) in [6.07, 6.45) is 1.76. The zero-order valence-corrected chi connectivity index (χ0v) is 18.2. The molecule has 0 aromatic heterocycles. The average Bonchev–Trinajstić information content (AvgIpc) is 2.94. The van der Waals surface area contributed by atoms with Gasteiger partial charge in [-0.2, -0.15) is 0 Å². The van der Waals surface area contributed by atoms with Gasteiger partial charge in [-0.05, 0) is 60.1 Å². The molecule has 1 aliphatic heterocycles. The Kier molecular flexibility index (Phi) is 5.63. The summed E-state index contributed by atoms with van der Waals surface area (Å²) < 4.78 is 6.23. The number of aryl methyl sites for hydroxylation is 4. The first-order valence-electron chi connectivity index (χ1n) is 10.8. The predicted molar refractivity (Wildman–Crippen MR) is 122 cm³/mol. The molecule has 0 bridgehead atoms. The Bertz CT molecular complexity index is 1080. The van der Waals surface area contributed by atoms with Crippen LogP contribution in [0.25, 0.3) is 0 Å². The van der Waals surface area contributed by atoms with Gasteiger partial charge in [-0.15, -0.1) is 0 Å². The number of rotatable bonds is 4. The minimum Gasteiger partial charge on any atom is -0.488 e. The maximum absolute atomic E-state index is 13.9. The van der Waals surface area contributed by atoms with Crippen molar-refractivity contribution in [2.45, 2.75) is 53.1 Å². The fourth-order valence-corrected chi connectivity index (χ4v) is 4.48. The summed E-state index contributed by atoms with van der Waals surface area (Å²) in [7, 11) is 0. The Balaban J connectivity index is 1.87. The van der Waals surface area contributed by atoms with E-state index < -0.39 is 5.92 Å². The molecule has 3 aromatic rings. The first-order chi connectivity index (χ1) is 14.5. The third-order valence-corrected chi connectivity index (χ3v) is 6.15. The number of carbonyl (C=O) groups is 1. The van der Waals surface area contributed by atoms with Crippen molar-refractivity contribution in [1.82, 2.24) is 0 Å². The molecular formula is C27H29NO2. The van der Waals surface area contributed by atoms with E-state index in [-0.39, 0.29) is 5.91 Å². The van der Waals surface area contributed by atoms with Crippen LogP contribution in [0.5, 0.6) is 5.75 Å². The minimum atomic E-state index is -0.409. The van der Waals surface area contributed by atoms with Crippen molar-refractivity contribution in [3.8, 4) is 5.75 Å². The molecule has 0 radical (unpaired) electrons. The van der Waals surface area contributed by atoms with Gasteiger partial charge in [-0.1, -0.05) is 68.4 Å². The van der Waals surface area contributed by atoms with E-state index in [0.717, 1.165) is 52.1 Å². The number of nitrogens with one attached hydrogen (secondary N) is 1. The topological polar surface area (TPSA) is 38.3 Å². The summed E-state index contributed by atoms with van der Waals surface area (Å²) in [5.74, 6) is 0.428. The normalized spacial score (nSPS) is 14.9. The van der Waals surface area contributed by atoms with Crippen molar-refractivity contribution in [1.29, 1.82) is 0 Å². The largest absolute Gasteiger partial charge is 0.488 e. The van der Waals surface area contributed by atoms with Crippen molar-refractivity contribution in [3.05, 3.63) is 93.5 Å². The fourth-order valence-electron chi connectivity index (χ4n) is 4.48. The molecule has 3 heteroatoms. The Morgan fingerprint density at radius 1 is 0.933 bits per heavy atom. The average molecular weight is 400 g/mol.